The topological polar surface area (TPSA) is 59.1 Å². The minimum absolute atomic E-state index is 0.0397. The lowest BCUT2D eigenvalue weighted by Crippen LogP contribution is -2.35. The van der Waals surface area contributed by atoms with Crippen molar-refractivity contribution in [3.05, 3.63) is 71.8 Å². The number of carbonyl (C=O) groups excluding carboxylic acids is 2. The molecule has 6 heteroatoms. The molecule has 176 valence electrons. The Morgan fingerprint density at radius 1 is 0.697 bits per heavy atom. The number of nitrogens with zero attached hydrogens (tertiary/aromatic N) is 2. The van der Waals surface area contributed by atoms with Gasteiger partial charge in [0.2, 0.25) is 11.8 Å². The van der Waals surface area contributed by atoms with Gasteiger partial charge in [-0.25, -0.2) is 0 Å². The maximum absolute atomic E-state index is 12.6. The van der Waals surface area contributed by atoms with Crippen LogP contribution in [0.2, 0.25) is 0 Å². The molecular formula is C27H34N2O4. The normalized spacial score (nSPS) is 11.0. The molecular weight excluding hydrogens is 416 g/mol. The molecule has 0 aromatic heterocycles. The minimum Gasteiger partial charge on any atom is -0.497 e. The van der Waals surface area contributed by atoms with Crippen molar-refractivity contribution in [1.29, 1.82) is 0 Å². The van der Waals surface area contributed by atoms with Gasteiger partial charge in [-0.3, -0.25) is 9.59 Å². The lowest BCUT2D eigenvalue weighted by atomic mass is 10.2. The Labute approximate surface area is 197 Å². The van der Waals surface area contributed by atoms with Gasteiger partial charge in [-0.15, -0.1) is 0 Å². The molecule has 0 N–H and O–H groups in total. The molecule has 0 heterocycles. The van der Waals surface area contributed by atoms with E-state index in [-0.39, 0.29) is 11.8 Å². The minimum atomic E-state index is -0.0397. The quantitative estimate of drug-likeness (QED) is 0.446. The van der Waals surface area contributed by atoms with Gasteiger partial charge >= 0.3 is 0 Å². The second-order valence-electron chi connectivity index (χ2n) is 7.40. The summed E-state index contributed by atoms with van der Waals surface area (Å²) in [6.07, 6.45) is 7.50. The van der Waals surface area contributed by atoms with E-state index in [2.05, 4.69) is 0 Å². The van der Waals surface area contributed by atoms with Crippen molar-refractivity contribution in [1.82, 2.24) is 9.80 Å². The largest absolute Gasteiger partial charge is 0.497 e. The summed E-state index contributed by atoms with van der Waals surface area (Å²) >= 11 is 0. The first kappa shape index (κ1) is 25.7. The monoisotopic (exact) mass is 450 g/mol. The van der Waals surface area contributed by atoms with Gasteiger partial charge in [0.1, 0.15) is 11.5 Å². The molecule has 0 fully saturated rings. The molecule has 0 atom stereocenters. The Hall–Kier alpha value is -3.54. The summed E-state index contributed by atoms with van der Waals surface area (Å²) in [5.41, 5.74) is 1.87. The Bertz CT molecular complexity index is 856. The van der Waals surface area contributed by atoms with Crippen LogP contribution in [-0.2, 0) is 9.59 Å². The SMILES string of the molecule is CCN(CCCN(CC)C(=O)/C=C/c1ccc(OC)cc1)C(=O)/C=C/c1ccc(OC)cc1. The van der Waals surface area contributed by atoms with E-state index in [1.807, 2.05) is 62.4 Å². The maximum atomic E-state index is 12.6. The van der Waals surface area contributed by atoms with Crippen molar-refractivity contribution in [2.45, 2.75) is 20.3 Å². The molecule has 0 aliphatic rings. The molecule has 2 amide bonds. The van der Waals surface area contributed by atoms with Crippen molar-refractivity contribution in [2.75, 3.05) is 40.4 Å². The van der Waals surface area contributed by atoms with Gasteiger partial charge < -0.3 is 19.3 Å². The zero-order chi connectivity index (χ0) is 24.1. The first-order chi connectivity index (χ1) is 16.0. The number of carbonyl (C=O) groups is 2. The van der Waals surface area contributed by atoms with Crippen molar-refractivity contribution < 1.29 is 19.1 Å². The fraction of sp³-hybridized carbons (Fsp3) is 0.333. The third kappa shape index (κ3) is 8.48. The van der Waals surface area contributed by atoms with Crippen LogP contribution in [0.1, 0.15) is 31.4 Å². The lowest BCUT2D eigenvalue weighted by Gasteiger charge is -2.23. The Balaban J connectivity index is 1.84. The van der Waals surface area contributed by atoms with Gasteiger partial charge in [0.25, 0.3) is 0 Å². The van der Waals surface area contributed by atoms with Crippen LogP contribution in [0, 0.1) is 0 Å². The van der Waals surface area contributed by atoms with E-state index in [4.69, 9.17) is 9.47 Å². The zero-order valence-corrected chi connectivity index (χ0v) is 20.0. The average Bonchev–Trinajstić information content (AvgIpc) is 2.86. The molecule has 2 aromatic rings. The highest BCUT2D eigenvalue weighted by molar-refractivity contribution is 5.92. The molecule has 33 heavy (non-hydrogen) atoms. The van der Waals surface area contributed by atoms with Crippen molar-refractivity contribution >= 4 is 24.0 Å². The first-order valence-corrected chi connectivity index (χ1v) is 11.2. The standard InChI is InChI=1S/C27H34N2O4/c1-5-28(26(30)18-12-22-8-14-24(32-3)15-9-22)20-7-21-29(6-2)27(31)19-13-23-10-16-25(33-4)17-11-23/h8-19H,5-7,20-21H2,1-4H3/b18-12+,19-13+. The molecule has 2 rings (SSSR count). The van der Waals surface area contributed by atoms with Crippen LogP contribution in [0.15, 0.2) is 60.7 Å². The molecule has 0 unspecified atom stereocenters. The number of amides is 2. The Kier molecular flexibility index (Phi) is 10.7. The molecule has 0 aliphatic heterocycles. The van der Waals surface area contributed by atoms with Crippen LogP contribution in [0.4, 0.5) is 0 Å². The fourth-order valence-corrected chi connectivity index (χ4v) is 3.28. The zero-order valence-electron chi connectivity index (χ0n) is 20.0. The van der Waals surface area contributed by atoms with Crippen molar-refractivity contribution in [3.63, 3.8) is 0 Å². The van der Waals surface area contributed by atoms with Gasteiger partial charge in [0.15, 0.2) is 0 Å². The van der Waals surface area contributed by atoms with Crippen LogP contribution >= 0.6 is 0 Å². The molecule has 0 aliphatic carbocycles. The van der Waals surface area contributed by atoms with Gasteiger partial charge in [-0.05, 0) is 67.8 Å². The van der Waals surface area contributed by atoms with E-state index >= 15 is 0 Å². The summed E-state index contributed by atoms with van der Waals surface area (Å²) in [5, 5.41) is 0. The van der Waals surface area contributed by atoms with Crippen LogP contribution in [-0.4, -0.2) is 62.0 Å². The molecule has 6 nitrogen and oxygen atoms in total. The summed E-state index contributed by atoms with van der Waals surface area (Å²) in [6.45, 7) is 6.33. The Morgan fingerprint density at radius 2 is 1.06 bits per heavy atom. The summed E-state index contributed by atoms with van der Waals surface area (Å²) in [6, 6.07) is 15.1. The predicted octanol–water partition coefficient (Wildman–Crippen LogP) is 4.52. The van der Waals surface area contributed by atoms with Crippen LogP contribution < -0.4 is 9.47 Å². The number of benzene rings is 2. The Morgan fingerprint density at radius 3 is 1.36 bits per heavy atom. The molecule has 0 radical (unpaired) electrons. The molecule has 0 saturated carbocycles. The fourth-order valence-electron chi connectivity index (χ4n) is 3.28. The summed E-state index contributed by atoms with van der Waals surface area (Å²) < 4.78 is 10.3. The number of ether oxygens (including phenoxy) is 2. The highest BCUT2D eigenvalue weighted by Crippen LogP contribution is 2.13. The summed E-state index contributed by atoms with van der Waals surface area (Å²) in [4.78, 5) is 28.7. The molecule has 2 aromatic carbocycles. The first-order valence-electron chi connectivity index (χ1n) is 11.2. The van der Waals surface area contributed by atoms with Crippen molar-refractivity contribution in [2.24, 2.45) is 0 Å². The maximum Gasteiger partial charge on any atom is 0.246 e. The van der Waals surface area contributed by atoms with E-state index in [1.54, 1.807) is 48.3 Å². The smallest absolute Gasteiger partial charge is 0.246 e. The van der Waals surface area contributed by atoms with E-state index in [0.29, 0.717) is 32.6 Å². The highest BCUT2D eigenvalue weighted by Gasteiger charge is 2.12. The van der Waals surface area contributed by atoms with E-state index in [0.717, 1.165) is 22.6 Å². The third-order valence-electron chi connectivity index (χ3n) is 5.31. The van der Waals surface area contributed by atoms with Crippen LogP contribution in [0.3, 0.4) is 0 Å². The van der Waals surface area contributed by atoms with E-state index in [1.165, 1.54) is 0 Å². The van der Waals surface area contributed by atoms with Crippen LogP contribution in [0.25, 0.3) is 12.2 Å². The number of hydrogen-bond donors (Lipinski definition) is 0. The highest BCUT2D eigenvalue weighted by atomic mass is 16.5. The number of likely N-dealkylation sites (N-methyl/N-ethyl adjacent to an activating group) is 2. The molecule has 0 saturated heterocycles. The molecule has 0 spiro atoms. The van der Waals surface area contributed by atoms with Gasteiger partial charge in [-0.2, -0.15) is 0 Å². The van der Waals surface area contributed by atoms with Gasteiger partial charge in [0.05, 0.1) is 14.2 Å². The van der Waals surface area contributed by atoms with Crippen molar-refractivity contribution in [3.8, 4) is 11.5 Å². The summed E-state index contributed by atoms with van der Waals surface area (Å²) in [7, 11) is 3.25. The number of hydrogen-bond acceptors (Lipinski definition) is 4. The predicted molar refractivity (Wildman–Crippen MR) is 133 cm³/mol. The van der Waals surface area contributed by atoms with Crippen LogP contribution in [0.5, 0.6) is 11.5 Å². The molecule has 0 bridgehead atoms. The lowest BCUT2D eigenvalue weighted by molar-refractivity contribution is -0.126. The van der Waals surface area contributed by atoms with Gasteiger partial charge in [0, 0.05) is 38.3 Å². The second-order valence-corrected chi connectivity index (χ2v) is 7.40. The third-order valence-corrected chi connectivity index (χ3v) is 5.31. The number of rotatable bonds is 12. The second kappa shape index (κ2) is 13.8. The van der Waals surface area contributed by atoms with E-state index in [9.17, 15) is 9.59 Å². The summed E-state index contributed by atoms with van der Waals surface area (Å²) in [5.74, 6) is 1.48. The average molecular weight is 451 g/mol. The van der Waals surface area contributed by atoms with E-state index < -0.39 is 0 Å². The number of methoxy groups -OCH3 is 2. The van der Waals surface area contributed by atoms with Gasteiger partial charge in [-0.1, -0.05) is 24.3 Å².